The second kappa shape index (κ2) is 8.77. The van der Waals surface area contributed by atoms with Gasteiger partial charge in [-0.15, -0.1) is 5.10 Å². The van der Waals surface area contributed by atoms with Gasteiger partial charge in [0.2, 0.25) is 0 Å². The molecule has 2 heterocycles. The van der Waals surface area contributed by atoms with E-state index in [-0.39, 0.29) is 5.91 Å². The minimum Gasteiger partial charge on any atom is -0.350 e. The van der Waals surface area contributed by atoms with Crippen molar-refractivity contribution in [3.8, 4) is 5.69 Å². The largest absolute Gasteiger partial charge is 0.350 e. The quantitative estimate of drug-likeness (QED) is 0.499. The molecule has 0 saturated carbocycles. The van der Waals surface area contributed by atoms with Crippen molar-refractivity contribution in [3.63, 3.8) is 0 Å². The maximum Gasteiger partial charge on any atom is 0.273 e. The lowest BCUT2D eigenvalue weighted by Gasteiger charge is -2.09. The van der Waals surface area contributed by atoms with Crippen molar-refractivity contribution < 1.29 is 4.79 Å². The number of rotatable bonds is 7. The van der Waals surface area contributed by atoms with Gasteiger partial charge in [-0.05, 0) is 31.0 Å². The Kier molecular flexibility index (Phi) is 6.18. The van der Waals surface area contributed by atoms with Gasteiger partial charge in [0, 0.05) is 24.7 Å². The van der Waals surface area contributed by atoms with Gasteiger partial charge in [0.1, 0.15) is 0 Å². The van der Waals surface area contributed by atoms with E-state index < -0.39 is 0 Å². The molecule has 0 unspecified atom stereocenters. The van der Waals surface area contributed by atoms with E-state index in [9.17, 15) is 4.79 Å². The van der Waals surface area contributed by atoms with E-state index in [0.717, 1.165) is 16.9 Å². The zero-order valence-electron chi connectivity index (χ0n) is 15.6. The van der Waals surface area contributed by atoms with Crippen LogP contribution < -0.4 is 5.32 Å². The third-order valence-electron chi connectivity index (χ3n) is 3.81. The number of benzene rings is 1. The van der Waals surface area contributed by atoms with E-state index in [1.165, 1.54) is 11.8 Å². The first-order valence-corrected chi connectivity index (χ1v) is 9.73. The summed E-state index contributed by atoms with van der Waals surface area (Å²) >= 11 is 1.44. The normalized spacial score (nSPS) is 11.0. The van der Waals surface area contributed by atoms with Crippen molar-refractivity contribution in [1.82, 2.24) is 30.3 Å². The Bertz CT molecular complexity index is 892. The number of nitrogens with one attached hydrogen (secondary N) is 1. The smallest absolute Gasteiger partial charge is 0.273 e. The van der Waals surface area contributed by atoms with Crippen LogP contribution in [0.5, 0.6) is 0 Å². The zero-order valence-corrected chi connectivity index (χ0v) is 16.4. The molecular formula is C19H22N6OS. The summed E-state index contributed by atoms with van der Waals surface area (Å²) in [5, 5.41) is 11.9. The lowest BCUT2D eigenvalue weighted by Crippen LogP contribution is -2.28. The van der Waals surface area contributed by atoms with Gasteiger partial charge in [0.15, 0.2) is 10.9 Å². The average molecular weight is 382 g/mol. The molecule has 0 atom stereocenters. The molecule has 1 aromatic carbocycles. The molecule has 140 valence electrons. The molecule has 2 aromatic heterocycles. The van der Waals surface area contributed by atoms with E-state index in [0.29, 0.717) is 29.1 Å². The predicted octanol–water partition coefficient (Wildman–Crippen LogP) is 3.04. The summed E-state index contributed by atoms with van der Waals surface area (Å²) < 4.78 is 1.71. The third-order valence-corrected chi connectivity index (χ3v) is 4.69. The Morgan fingerprint density at radius 2 is 1.89 bits per heavy atom. The first kappa shape index (κ1) is 19.0. The van der Waals surface area contributed by atoms with E-state index in [2.05, 4.69) is 25.6 Å². The number of carbonyl (C=O) groups is 1. The van der Waals surface area contributed by atoms with Gasteiger partial charge in [0.25, 0.3) is 5.91 Å². The van der Waals surface area contributed by atoms with E-state index in [4.69, 9.17) is 0 Å². The Morgan fingerprint density at radius 1 is 1.19 bits per heavy atom. The fourth-order valence-electron chi connectivity index (χ4n) is 2.37. The van der Waals surface area contributed by atoms with Crippen LogP contribution in [0.2, 0.25) is 0 Å². The Morgan fingerprint density at radius 3 is 2.56 bits per heavy atom. The van der Waals surface area contributed by atoms with Crippen molar-refractivity contribution in [2.45, 2.75) is 31.7 Å². The summed E-state index contributed by atoms with van der Waals surface area (Å²) in [4.78, 5) is 21.1. The SMILES string of the molecule is Cc1ccc(-n2nnc(C(=O)NCC(C)C)c2CSc2ncccn2)cc1. The number of aromatic nitrogens is 5. The Balaban J connectivity index is 1.90. The number of carbonyl (C=O) groups excluding carboxylic acids is 1. The molecule has 0 spiro atoms. The van der Waals surface area contributed by atoms with Crippen molar-refractivity contribution in [3.05, 3.63) is 59.7 Å². The zero-order chi connectivity index (χ0) is 19.2. The topological polar surface area (TPSA) is 85.6 Å². The van der Waals surface area contributed by atoms with Crippen LogP contribution in [0.25, 0.3) is 5.69 Å². The summed E-state index contributed by atoms with van der Waals surface area (Å²) in [6.45, 7) is 6.71. The maximum absolute atomic E-state index is 12.6. The van der Waals surface area contributed by atoms with E-state index >= 15 is 0 Å². The highest BCUT2D eigenvalue weighted by Gasteiger charge is 2.21. The van der Waals surface area contributed by atoms with Gasteiger partial charge in [-0.2, -0.15) is 0 Å². The van der Waals surface area contributed by atoms with Gasteiger partial charge in [-0.3, -0.25) is 4.79 Å². The van der Waals surface area contributed by atoms with Crippen molar-refractivity contribution in [2.24, 2.45) is 5.92 Å². The first-order chi connectivity index (χ1) is 13.0. The number of hydrogen-bond acceptors (Lipinski definition) is 6. The van der Waals surface area contributed by atoms with Gasteiger partial charge in [0.05, 0.1) is 11.4 Å². The molecule has 0 aliphatic carbocycles. The lowest BCUT2D eigenvalue weighted by atomic mass is 10.2. The van der Waals surface area contributed by atoms with Crippen LogP contribution in [0.1, 0.15) is 35.6 Å². The molecule has 8 heteroatoms. The third kappa shape index (κ3) is 4.91. The molecular weight excluding hydrogens is 360 g/mol. The standard InChI is InChI=1S/C19H22N6OS/c1-13(2)11-22-18(26)17-16(12-27-19-20-9-4-10-21-19)25(24-23-17)15-7-5-14(3)6-8-15/h4-10,13H,11-12H2,1-3H3,(H,22,26). The maximum atomic E-state index is 12.6. The number of thioether (sulfide) groups is 1. The molecule has 0 fully saturated rings. The van der Waals surface area contributed by atoms with Gasteiger partial charge >= 0.3 is 0 Å². The molecule has 0 saturated heterocycles. The van der Waals surface area contributed by atoms with Crippen LogP contribution in [0.4, 0.5) is 0 Å². The number of hydrogen-bond donors (Lipinski definition) is 1. The molecule has 0 aliphatic rings. The van der Waals surface area contributed by atoms with Gasteiger partial charge in [-0.1, -0.05) is 48.5 Å². The molecule has 1 amide bonds. The number of amides is 1. The fraction of sp³-hybridized carbons (Fsp3) is 0.316. The Hall–Kier alpha value is -2.74. The van der Waals surface area contributed by atoms with Crippen molar-refractivity contribution in [2.75, 3.05) is 6.54 Å². The van der Waals surface area contributed by atoms with Crippen LogP contribution in [0, 0.1) is 12.8 Å². The van der Waals surface area contributed by atoms with Crippen LogP contribution in [-0.2, 0) is 5.75 Å². The lowest BCUT2D eigenvalue weighted by molar-refractivity contribution is 0.0943. The minimum atomic E-state index is -0.216. The van der Waals surface area contributed by atoms with E-state index in [1.54, 1.807) is 23.1 Å². The van der Waals surface area contributed by atoms with Gasteiger partial charge in [-0.25, -0.2) is 14.6 Å². The molecule has 27 heavy (non-hydrogen) atoms. The second-order valence-electron chi connectivity index (χ2n) is 6.56. The average Bonchev–Trinajstić information content (AvgIpc) is 3.10. The summed E-state index contributed by atoms with van der Waals surface area (Å²) in [6, 6.07) is 9.71. The highest BCUT2D eigenvalue weighted by molar-refractivity contribution is 7.98. The number of nitrogens with zero attached hydrogens (tertiary/aromatic N) is 5. The minimum absolute atomic E-state index is 0.216. The van der Waals surface area contributed by atoms with Crippen LogP contribution >= 0.6 is 11.8 Å². The van der Waals surface area contributed by atoms with Crippen LogP contribution in [-0.4, -0.2) is 37.4 Å². The first-order valence-electron chi connectivity index (χ1n) is 8.74. The second-order valence-corrected chi connectivity index (χ2v) is 7.50. The molecule has 0 bridgehead atoms. The number of aryl methyl sites for hydroxylation is 1. The molecule has 7 nitrogen and oxygen atoms in total. The Labute approximate surface area is 162 Å². The summed E-state index contributed by atoms with van der Waals surface area (Å²) in [5.74, 6) is 0.623. The highest BCUT2D eigenvalue weighted by Crippen LogP contribution is 2.23. The molecule has 3 aromatic rings. The van der Waals surface area contributed by atoms with Crippen LogP contribution in [0.3, 0.4) is 0 Å². The molecule has 0 radical (unpaired) electrons. The van der Waals surface area contributed by atoms with Crippen molar-refractivity contribution >= 4 is 17.7 Å². The molecule has 3 rings (SSSR count). The molecule has 0 aliphatic heterocycles. The molecule has 1 N–H and O–H groups in total. The summed E-state index contributed by atoms with van der Waals surface area (Å²) in [5.41, 5.74) is 3.07. The monoisotopic (exact) mass is 382 g/mol. The van der Waals surface area contributed by atoms with E-state index in [1.807, 2.05) is 45.0 Å². The highest BCUT2D eigenvalue weighted by atomic mass is 32.2. The summed E-state index contributed by atoms with van der Waals surface area (Å²) in [6.07, 6.45) is 3.39. The van der Waals surface area contributed by atoms with Gasteiger partial charge < -0.3 is 5.32 Å². The predicted molar refractivity (Wildman–Crippen MR) is 105 cm³/mol. The van der Waals surface area contributed by atoms with Crippen LogP contribution in [0.15, 0.2) is 47.9 Å². The fourth-order valence-corrected chi connectivity index (χ4v) is 3.17. The van der Waals surface area contributed by atoms with Crippen molar-refractivity contribution in [1.29, 1.82) is 0 Å². The summed E-state index contributed by atoms with van der Waals surface area (Å²) in [7, 11) is 0.